The van der Waals surface area contributed by atoms with Gasteiger partial charge in [0.05, 0.1) is 18.3 Å². The Morgan fingerprint density at radius 3 is 2.55 bits per heavy atom. The topological polar surface area (TPSA) is 131 Å². The van der Waals surface area contributed by atoms with Gasteiger partial charge in [-0.15, -0.1) is 11.3 Å². The van der Waals surface area contributed by atoms with Gasteiger partial charge in [0.2, 0.25) is 0 Å². The molecule has 0 aliphatic carbocycles. The maximum atomic E-state index is 12.6. The summed E-state index contributed by atoms with van der Waals surface area (Å²) in [5.41, 5.74) is 6.64. The first kappa shape index (κ1) is 20.9. The van der Waals surface area contributed by atoms with Crippen LogP contribution in [0.2, 0.25) is 0 Å². The predicted molar refractivity (Wildman–Crippen MR) is 113 cm³/mol. The van der Waals surface area contributed by atoms with Gasteiger partial charge >= 0.3 is 11.9 Å². The number of carboxylic acid groups (broad SMARTS) is 1. The normalized spacial score (nSPS) is 18.6. The van der Waals surface area contributed by atoms with Gasteiger partial charge in [-0.1, -0.05) is 23.9 Å². The largest absolute Gasteiger partial charge is 0.477 e. The summed E-state index contributed by atoms with van der Waals surface area (Å²) in [5, 5.41) is 13.8. The molecular weight excluding hydrogens is 414 g/mol. The van der Waals surface area contributed by atoms with Crippen LogP contribution in [-0.2, 0) is 10.3 Å². The van der Waals surface area contributed by atoms with Gasteiger partial charge in [-0.3, -0.25) is 9.79 Å². The van der Waals surface area contributed by atoms with Crippen molar-refractivity contribution in [2.75, 3.05) is 18.2 Å². The Morgan fingerprint density at radius 2 is 1.97 bits per heavy atom. The van der Waals surface area contributed by atoms with Crippen LogP contribution in [0.25, 0.3) is 0 Å². The van der Waals surface area contributed by atoms with Crippen LogP contribution in [0.1, 0.15) is 49.3 Å². The summed E-state index contributed by atoms with van der Waals surface area (Å²) < 4.78 is 4.64. The van der Waals surface area contributed by atoms with E-state index in [4.69, 9.17) is 5.73 Å². The number of nitrogens with two attached hydrogens (primary N) is 1. The fourth-order valence-corrected chi connectivity index (χ4v) is 4.78. The summed E-state index contributed by atoms with van der Waals surface area (Å²) in [7, 11) is 1.15. The molecule has 0 bridgehead atoms. The number of methoxy groups -OCH3 is 1. The summed E-state index contributed by atoms with van der Waals surface area (Å²) in [4.78, 5) is 40.2. The molecule has 0 radical (unpaired) electrons. The molecule has 1 aromatic carbocycles. The van der Waals surface area contributed by atoms with Crippen LogP contribution in [0.3, 0.4) is 0 Å². The maximum Gasteiger partial charge on any atom is 0.346 e. The van der Waals surface area contributed by atoms with Crippen LogP contribution in [0.4, 0.5) is 5.69 Å². The Hall–Kier alpha value is -2.85. The van der Waals surface area contributed by atoms with Gasteiger partial charge in [0.1, 0.15) is 10.4 Å². The van der Waals surface area contributed by atoms with Crippen molar-refractivity contribution in [3.05, 3.63) is 51.2 Å². The van der Waals surface area contributed by atoms with E-state index < -0.39 is 23.4 Å². The van der Waals surface area contributed by atoms with Gasteiger partial charge in [0.25, 0.3) is 5.91 Å². The predicted octanol–water partition coefficient (Wildman–Crippen LogP) is 3.15. The molecule has 152 valence electrons. The number of aromatic carboxylic acids is 1. The van der Waals surface area contributed by atoms with E-state index in [1.54, 1.807) is 12.1 Å². The highest BCUT2D eigenvalue weighted by molar-refractivity contribution is 8.13. The summed E-state index contributed by atoms with van der Waals surface area (Å²) in [6.07, 6.45) is 0.833. The average molecular weight is 434 g/mol. The number of hydrogen-bond donors (Lipinski definition) is 3. The molecule has 29 heavy (non-hydrogen) atoms. The third-order valence-electron chi connectivity index (χ3n) is 4.59. The number of carboxylic acids is 1. The lowest BCUT2D eigenvalue weighted by Crippen LogP contribution is -2.28. The molecule has 0 fully saturated rings. The maximum absolute atomic E-state index is 12.6. The van der Waals surface area contributed by atoms with E-state index in [0.717, 1.165) is 36.2 Å². The van der Waals surface area contributed by atoms with Gasteiger partial charge < -0.3 is 20.9 Å². The monoisotopic (exact) mass is 433 g/mol. The molecule has 1 aromatic heterocycles. The Balaban J connectivity index is 1.83. The van der Waals surface area contributed by atoms with Crippen LogP contribution in [0, 0.1) is 0 Å². The molecule has 2 aromatic rings. The molecule has 1 unspecified atom stereocenters. The van der Waals surface area contributed by atoms with Crippen LogP contribution >= 0.6 is 23.1 Å². The first-order valence-corrected chi connectivity index (χ1v) is 10.4. The number of carbonyl (C=O) groups is 3. The zero-order valence-electron chi connectivity index (χ0n) is 15.7. The number of thioether (sulfide) groups is 1. The molecule has 0 saturated heterocycles. The van der Waals surface area contributed by atoms with E-state index in [2.05, 4.69) is 15.0 Å². The van der Waals surface area contributed by atoms with E-state index in [0.29, 0.717) is 10.7 Å². The highest BCUT2D eigenvalue weighted by Crippen LogP contribution is 2.35. The first-order valence-electron chi connectivity index (χ1n) is 8.58. The number of carbonyl (C=O) groups excluding carboxylic acids is 2. The summed E-state index contributed by atoms with van der Waals surface area (Å²) in [6, 6.07) is 6.95. The third kappa shape index (κ3) is 4.28. The number of anilines is 1. The number of amidine groups is 1. The van der Waals surface area contributed by atoms with Crippen molar-refractivity contribution in [2.24, 2.45) is 10.7 Å². The second kappa shape index (κ2) is 8.26. The third-order valence-corrected chi connectivity index (χ3v) is 6.35. The summed E-state index contributed by atoms with van der Waals surface area (Å²) in [5.74, 6) is -1.69. The molecule has 0 spiro atoms. The molecule has 3 rings (SSSR count). The standard InChI is InChI=1S/C19H19N3O5S2/c1-19(7-8-28-18(20)22-19)11-5-3-10(4-6-11)15(23)21-12-9-29-14(16(24)25)13(12)17(26)27-2/h3-6,9H,7-8H2,1-2H3,(H2,20,22)(H,21,23)(H,24,25). The Bertz CT molecular complexity index is 1000. The van der Waals surface area contributed by atoms with Crippen LogP contribution < -0.4 is 11.1 Å². The minimum Gasteiger partial charge on any atom is -0.477 e. The van der Waals surface area contributed by atoms with Crippen molar-refractivity contribution in [3.8, 4) is 0 Å². The van der Waals surface area contributed by atoms with Crippen LogP contribution in [0.5, 0.6) is 0 Å². The molecule has 1 atom stereocenters. The molecule has 1 amide bonds. The molecule has 1 aliphatic heterocycles. The zero-order valence-corrected chi connectivity index (χ0v) is 17.4. The quantitative estimate of drug-likeness (QED) is 0.617. The van der Waals surface area contributed by atoms with Gasteiger partial charge in [-0.2, -0.15) is 0 Å². The number of thiophene rings is 1. The lowest BCUT2D eigenvalue weighted by Gasteiger charge is -2.29. The fraction of sp³-hybridized carbons (Fsp3) is 0.263. The number of nitrogens with zero attached hydrogens (tertiary/aromatic N) is 1. The number of ether oxygens (including phenoxy) is 1. The fourth-order valence-electron chi connectivity index (χ4n) is 2.98. The zero-order chi connectivity index (χ0) is 21.2. The second-order valence-electron chi connectivity index (χ2n) is 6.50. The van der Waals surface area contributed by atoms with E-state index >= 15 is 0 Å². The van der Waals surface area contributed by atoms with Crippen LogP contribution in [-0.4, -0.2) is 41.0 Å². The SMILES string of the molecule is COC(=O)c1c(NC(=O)c2ccc(C3(C)CCSC(N)=N3)cc2)csc1C(=O)O. The van der Waals surface area contributed by atoms with Crippen molar-refractivity contribution >= 4 is 51.8 Å². The molecule has 8 nitrogen and oxygen atoms in total. The number of amides is 1. The lowest BCUT2D eigenvalue weighted by molar-refractivity contribution is 0.0586. The van der Waals surface area contributed by atoms with Crippen LogP contribution in [0.15, 0.2) is 34.6 Å². The Morgan fingerprint density at radius 1 is 1.28 bits per heavy atom. The molecule has 0 saturated carbocycles. The summed E-state index contributed by atoms with van der Waals surface area (Å²) >= 11 is 2.36. The Labute approximate surface area is 175 Å². The van der Waals surface area contributed by atoms with E-state index in [1.807, 2.05) is 19.1 Å². The van der Waals surface area contributed by atoms with Gasteiger partial charge in [-0.05, 0) is 31.0 Å². The van der Waals surface area contributed by atoms with Gasteiger partial charge in [0.15, 0.2) is 5.17 Å². The van der Waals surface area contributed by atoms with E-state index in [1.165, 1.54) is 17.1 Å². The number of esters is 1. The minimum atomic E-state index is -1.26. The summed E-state index contributed by atoms with van der Waals surface area (Å²) in [6.45, 7) is 2.00. The smallest absolute Gasteiger partial charge is 0.346 e. The molecule has 1 aliphatic rings. The van der Waals surface area contributed by atoms with Crippen molar-refractivity contribution in [1.29, 1.82) is 0 Å². The van der Waals surface area contributed by atoms with Gasteiger partial charge in [-0.25, -0.2) is 9.59 Å². The Kier molecular flexibility index (Phi) is 5.94. The average Bonchev–Trinajstić information content (AvgIpc) is 3.11. The highest BCUT2D eigenvalue weighted by Gasteiger charge is 2.30. The first-order chi connectivity index (χ1) is 13.7. The number of aliphatic imine (C=N–C) groups is 1. The second-order valence-corrected chi connectivity index (χ2v) is 8.50. The number of rotatable bonds is 5. The lowest BCUT2D eigenvalue weighted by atomic mass is 9.89. The minimum absolute atomic E-state index is 0.0990. The van der Waals surface area contributed by atoms with Crippen molar-refractivity contribution < 1.29 is 24.2 Å². The molecule has 10 heteroatoms. The van der Waals surface area contributed by atoms with E-state index in [9.17, 15) is 19.5 Å². The number of benzene rings is 1. The molecule has 2 heterocycles. The number of hydrogen-bond acceptors (Lipinski definition) is 8. The molecule has 4 N–H and O–H groups in total. The van der Waals surface area contributed by atoms with Crippen molar-refractivity contribution in [2.45, 2.75) is 18.9 Å². The highest BCUT2D eigenvalue weighted by atomic mass is 32.2. The van der Waals surface area contributed by atoms with Crippen molar-refractivity contribution in [1.82, 2.24) is 0 Å². The number of nitrogens with one attached hydrogen (secondary N) is 1. The van der Waals surface area contributed by atoms with Gasteiger partial charge in [0, 0.05) is 16.7 Å². The van der Waals surface area contributed by atoms with E-state index in [-0.39, 0.29) is 16.1 Å². The molecular formula is C19H19N3O5S2. The van der Waals surface area contributed by atoms with Crippen molar-refractivity contribution in [3.63, 3.8) is 0 Å².